The third-order valence-corrected chi connectivity index (χ3v) is 6.06. The summed E-state index contributed by atoms with van der Waals surface area (Å²) in [5.41, 5.74) is -1.17. The maximum absolute atomic E-state index is 12.4. The van der Waals surface area contributed by atoms with Crippen molar-refractivity contribution in [2.24, 2.45) is 11.8 Å². The molecule has 1 rings (SSSR count). The molecule has 174 valence electrons. The molecule has 3 N–H and O–H groups in total. The Morgan fingerprint density at radius 1 is 1.20 bits per heavy atom. The second kappa shape index (κ2) is 13.9. The van der Waals surface area contributed by atoms with Crippen LogP contribution < -0.4 is 0 Å². The van der Waals surface area contributed by atoms with E-state index in [1.54, 1.807) is 0 Å². The number of rotatable bonds is 16. The summed E-state index contributed by atoms with van der Waals surface area (Å²) in [6.45, 7) is 2.05. The molecule has 0 aliphatic heterocycles. The zero-order valence-corrected chi connectivity index (χ0v) is 18.7. The van der Waals surface area contributed by atoms with E-state index in [1.165, 1.54) is 14.2 Å². The van der Waals surface area contributed by atoms with Crippen molar-refractivity contribution >= 4 is 11.8 Å². The number of unbranched alkanes of at least 4 members (excludes halogenated alkanes) is 4. The Bertz CT molecular complexity index is 544. The van der Waals surface area contributed by atoms with Gasteiger partial charge >= 0.3 is 5.97 Å². The molecule has 0 aromatic heterocycles. The number of aliphatic hydroxyl groups excluding tert-OH is 1. The van der Waals surface area contributed by atoms with Gasteiger partial charge in [0.05, 0.1) is 6.10 Å². The number of methoxy groups -OCH3 is 2. The molecule has 0 saturated heterocycles. The lowest BCUT2D eigenvalue weighted by Crippen LogP contribution is -2.44. The molecule has 7 heteroatoms. The highest BCUT2D eigenvalue weighted by Crippen LogP contribution is 2.35. The number of carboxylic acid groups (broad SMARTS) is 1. The van der Waals surface area contributed by atoms with Gasteiger partial charge < -0.3 is 24.8 Å². The Morgan fingerprint density at radius 3 is 2.47 bits per heavy atom. The highest BCUT2D eigenvalue weighted by atomic mass is 16.7. The van der Waals surface area contributed by atoms with Crippen LogP contribution in [0.5, 0.6) is 0 Å². The SMILES string of the molecule is CCCCC(O)(CC=C[C@H]1C(=O)C[C@H](O)[C@@H]1CCCCCCC(=O)O)C(OC)OC. The van der Waals surface area contributed by atoms with E-state index < -0.39 is 24.0 Å². The number of aliphatic hydroxyl groups is 2. The highest BCUT2D eigenvalue weighted by molar-refractivity contribution is 5.85. The zero-order valence-electron chi connectivity index (χ0n) is 18.7. The molecule has 0 bridgehead atoms. The number of Topliss-reactive ketones (excluding diaryl/α,β-unsaturated/α-hetero) is 1. The van der Waals surface area contributed by atoms with Gasteiger partial charge in [-0.1, -0.05) is 51.2 Å². The lowest BCUT2D eigenvalue weighted by molar-refractivity contribution is -0.216. The molecule has 1 aliphatic carbocycles. The van der Waals surface area contributed by atoms with Crippen LogP contribution in [0.2, 0.25) is 0 Å². The molecule has 0 spiro atoms. The minimum Gasteiger partial charge on any atom is -0.481 e. The van der Waals surface area contributed by atoms with Gasteiger partial charge in [-0.15, -0.1) is 0 Å². The summed E-state index contributed by atoms with van der Waals surface area (Å²) < 4.78 is 10.6. The fraction of sp³-hybridized carbons (Fsp3) is 0.826. The fourth-order valence-electron chi connectivity index (χ4n) is 4.36. The molecule has 0 aromatic carbocycles. The summed E-state index contributed by atoms with van der Waals surface area (Å²) in [6.07, 6.45) is 9.17. The smallest absolute Gasteiger partial charge is 0.303 e. The van der Waals surface area contributed by atoms with E-state index >= 15 is 0 Å². The molecule has 30 heavy (non-hydrogen) atoms. The lowest BCUT2D eigenvalue weighted by atomic mass is 9.87. The van der Waals surface area contributed by atoms with Gasteiger partial charge in [0.25, 0.3) is 0 Å². The van der Waals surface area contributed by atoms with Gasteiger partial charge in [-0.2, -0.15) is 0 Å². The maximum atomic E-state index is 12.4. The van der Waals surface area contributed by atoms with Crippen molar-refractivity contribution in [3.05, 3.63) is 12.2 Å². The first-order valence-electron chi connectivity index (χ1n) is 11.2. The van der Waals surface area contributed by atoms with Crippen LogP contribution in [-0.4, -0.2) is 59.3 Å². The first-order chi connectivity index (χ1) is 14.3. The number of hydrogen-bond donors (Lipinski definition) is 3. The summed E-state index contributed by atoms with van der Waals surface area (Å²) in [7, 11) is 3.00. The van der Waals surface area contributed by atoms with Gasteiger partial charge in [0, 0.05) is 33.0 Å². The van der Waals surface area contributed by atoms with Crippen LogP contribution in [0.3, 0.4) is 0 Å². The van der Waals surface area contributed by atoms with Gasteiger partial charge in [-0.3, -0.25) is 9.59 Å². The average molecular weight is 429 g/mol. The van der Waals surface area contributed by atoms with Crippen molar-refractivity contribution < 1.29 is 34.4 Å². The number of carboxylic acids is 1. The number of hydrogen-bond acceptors (Lipinski definition) is 6. The van der Waals surface area contributed by atoms with E-state index in [2.05, 4.69) is 6.92 Å². The summed E-state index contributed by atoms with van der Waals surface area (Å²) in [4.78, 5) is 23.0. The largest absolute Gasteiger partial charge is 0.481 e. The molecule has 0 radical (unpaired) electrons. The second-order valence-electron chi connectivity index (χ2n) is 8.42. The van der Waals surface area contributed by atoms with Crippen molar-refractivity contribution in [1.82, 2.24) is 0 Å². The third kappa shape index (κ3) is 8.46. The van der Waals surface area contributed by atoms with Crippen LogP contribution in [0, 0.1) is 11.8 Å². The molecule has 0 amide bonds. The van der Waals surface area contributed by atoms with Crippen LogP contribution in [-0.2, 0) is 19.1 Å². The summed E-state index contributed by atoms with van der Waals surface area (Å²) >= 11 is 0. The quantitative estimate of drug-likeness (QED) is 0.196. The van der Waals surface area contributed by atoms with E-state index in [0.717, 1.165) is 38.5 Å². The highest BCUT2D eigenvalue weighted by Gasteiger charge is 2.40. The molecule has 0 aromatic rings. The van der Waals surface area contributed by atoms with Gasteiger partial charge in [0.15, 0.2) is 6.29 Å². The molecule has 1 fully saturated rings. The Hall–Kier alpha value is -1.28. The molecule has 1 aliphatic rings. The maximum Gasteiger partial charge on any atom is 0.303 e. The zero-order chi connectivity index (χ0) is 22.6. The second-order valence-corrected chi connectivity index (χ2v) is 8.42. The molecule has 7 nitrogen and oxygen atoms in total. The van der Waals surface area contributed by atoms with Gasteiger partial charge in [-0.25, -0.2) is 0 Å². The standard InChI is InChI=1S/C23H40O7/c1-4-5-14-23(28,22(29-2)30-3)15-10-12-18-17(19(24)16-20(18)25)11-8-6-7-9-13-21(26)27/h10,12,17-19,22,24,28H,4-9,11,13-16H2,1-3H3,(H,26,27)/t17-,18-,19+,23?/m1/s1. The van der Waals surface area contributed by atoms with Crippen molar-refractivity contribution in [3.63, 3.8) is 0 Å². The van der Waals surface area contributed by atoms with Gasteiger partial charge in [0.1, 0.15) is 11.4 Å². The van der Waals surface area contributed by atoms with E-state index in [0.29, 0.717) is 19.3 Å². The summed E-state index contributed by atoms with van der Waals surface area (Å²) in [5, 5.41) is 30.1. The number of carbonyl (C=O) groups excluding carboxylic acids is 1. The van der Waals surface area contributed by atoms with E-state index in [-0.39, 0.29) is 30.5 Å². The topological polar surface area (TPSA) is 113 Å². The van der Waals surface area contributed by atoms with E-state index in [9.17, 15) is 19.8 Å². The van der Waals surface area contributed by atoms with Gasteiger partial charge in [-0.05, 0) is 31.6 Å². The minimum absolute atomic E-state index is 0.0294. The van der Waals surface area contributed by atoms with Crippen LogP contribution in [0.25, 0.3) is 0 Å². The molecule has 1 saturated carbocycles. The molecule has 1 unspecified atom stereocenters. The van der Waals surface area contributed by atoms with Crippen molar-refractivity contribution in [3.8, 4) is 0 Å². The molecule has 4 atom stereocenters. The normalized spacial score (nSPS) is 24.1. The Balaban J connectivity index is 2.65. The first kappa shape index (κ1) is 26.8. The van der Waals surface area contributed by atoms with Crippen molar-refractivity contribution in [1.29, 1.82) is 0 Å². The Kier molecular flexibility index (Phi) is 12.4. The van der Waals surface area contributed by atoms with Crippen molar-refractivity contribution in [2.45, 2.75) is 95.5 Å². The van der Waals surface area contributed by atoms with E-state index in [4.69, 9.17) is 14.6 Å². The average Bonchev–Trinajstić information content (AvgIpc) is 2.96. The third-order valence-electron chi connectivity index (χ3n) is 6.06. The van der Waals surface area contributed by atoms with Crippen LogP contribution in [0.1, 0.15) is 77.6 Å². The molecule has 0 heterocycles. The predicted molar refractivity (Wildman–Crippen MR) is 114 cm³/mol. The number of aliphatic carboxylic acids is 1. The minimum atomic E-state index is -1.17. The van der Waals surface area contributed by atoms with Gasteiger partial charge in [0.2, 0.25) is 0 Å². The van der Waals surface area contributed by atoms with Crippen LogP contribution >= 0.6 is 0 Å². The van der Waals surface area contributed by atoms with Crippen molar-refractivity contribution in [2.75, 3.05) is 14.2 Å². The van der Waals surface area contributed by atoms with Crippen LogP contribution in [0.4, 0.5) is 0 Å². The number of ether oxygens (including phenoxy) is 2. The Labute approximate surface area is 180 Å². The molecular formula is C23H40O7. The predicted octanol–water partition coefficient (Wildman–Crippen LogP) is 3.46. The number of carbonyl (C=O) groups is 2. The Morgan fingerprint density at radius 2 is 1.87 bits per heavy atom. The van der Waals surface area contributed by atoms with Crippen LogP contribution in [0.15, 0.2) is 12.2 Å². The molecular weight excluding hydrogens is 388 g/mol. The number of allylic oxidation sites excluding steroid dienone is 1. The fourth-order valence-corrected chi connectivity index (χ4v) is 4.36. The lowest BCUT2D eigenvalue weighted by Gasteiger charge is -2.33. The monoisotopic (exact) mass is 428 g/mol. The summed E-state index contributed by atoms with van der Waals surface area (Å²) in [6, 6.07) is 0. The number of ketones is 1. The summed E-state index contributed by atoms with van der Waals surface area (Å²) in [5.74, 6) is -1.22. The first-order valence-corrected chi connectivity index (χ1v) is 11.2. The van der Waals surface area contributed by atoms with E-state index in [1.807, 2.05) is 12.2 Å².